The molecule has 0 aliphatic carbocycles. The van der Waals surface area contributed by atoms with E-state index in [1.54, 1.807) is 29.2 Å². The van der Waals surface area contributed by atoms with E-state index in [0.717, 1.165) is 31.5 Å². The molecule has 2 aliphatic rings. The fraction of sp³-hybridized carbons (Fsp3) is 0.385. The normalized spacial score (nSPS) is 21.0. The summed E-state index contributed by atoms with van der Waals surface area (Å²) in [6, 6.07) is 15.7. The number of hydrogen-bond acceptors (Lipinski definition) is 5. The van der Waals surface area contributed by atoms with Crippen LogP contribution in [0.25, 0.3) is 5.76 Å². The molecule has 2 aromatic rings. The fourth-order valence-corrected chi connectivity index (χ4v) is 4.49. The first-order valence-corrected chi connectivity index (χ1v) is 11.3. The van der Waals surface area contributed by atoms with Crippen LogP contribution in [0.3, 0.4) is 0 Å². The lowest BCUT2D eigenvalue weighted by Gasteiger charge is -2.27. The second-order valence-electron chi connectivity index (χ2n) is 8.65. The molecule has 1 N–H and O–H groups in total. The minimum absolute atomic E-state index is 0.00362. The van der Waals surface area contributed by atoms with Gasteiger partial charge in [-0.1, -0.05) is 42.5 Å². The molecule has 2 heterocycles. The van der Waals surface area contributed by atoms with Gasteiger partial charge >= 0.3 is 0 Å². The van der Waals surface area contributed by atoms with Crippen molar-refractivity contribution >= 4 is 17.4 Å². The highest BCUT2D eigenvalue weighted by atomic mass is 16.5. The maximum atomic E-state index is 13.1. The summed E-state index contributed by atoms with van der Waals surface area (Å²) < 4.78 is 5.85. The summed E-state index contributed by atoms with van der Waals surface area (Å²) in [5.74, 6) is -0.690. The number of aliphatic hydroxyl groups is 1. The van der Waals surface area contributed by atoms with Crippen molar-refractivity contribution in [1.29, 1.82) is 0 Å². The van der Waals surface area contributed by atoms with Crippen LogP contribution in [0.1, 0.15) is 43.9 Å². The molecule has 0 radical (unpaired) electrons. The number of ketones is 1. The number of carbonyl (C=O) groups excluding carboxylic acids is 2. The molecule has 0 aromatic heterocycles. The van der Waals surface area contributed by atoms with E-state index in [4.69, 9.17) is 4.74 Å². The average Bonchev–Trinajstić information content (AvgIpc) is 3.39. The van der Waals surface area contributed by atoms with Gasteiger partial charge in [0.25, 0.3) is 11.7 Å². The van der Waals surface area contributed by atoms with Crippen LogP contribution < -0.4 is 4.74 Å². The van der Waals surface area contributed by atoms with Crippen LogP contribution in [0.15, 0.2) is 60.2 Å². The highest BCUT2D eigenvalue weighted by Crippen LogP contribution is 2.40. The first-order chi connectivity index (χ1) is 15.5. The third kappa shape index (κ3) is 4.55. The van der Waals surface area contributed by atoms with Crippen molar-refractivity contribution in [2.45, 2.75) is 38.8 Å². The Hall–Kier alpha value is -3.12. The smallest absolute Gasteiger partial charge is 0.295 e. The molecule has 2 aliphatic heterocycles. The van der Waals surface area contributed by atoms with Crippen LogP contribution >= 0.6 is 0 Å². The van der Waals surface area contributed by atoms with Crippen LogP contribution in [-0.2, 0) is 9.59 Å². The highest BCUT2D eigenvalue weighted by Gasteiger charge is 2.46. The highest BCUT2D eigenvalue weighted by molar-refractivity contribution is 6.46. The molecule has 1 amide bonds. The molecule has 168 valence electrons. The number of likely N-dealkylation sites (tertiary alicyclic amines) is 2. The van der Waals surface area contributed by atoms with Gasteiger partial charge < -0.3 is 19.6 Å². The maximum absolute atomic E-state index is 13.1. The molecule has 0 bridgehead atoms. The Kier molecular flexibility index (Phi) is 6.61. The lowest BCUT2D eigenvalue weighted by atomic mass is 9.95. The number of carbonyl (C=O) groups is 2. The predicted octanol–water partition coefficient (Wildman–Crippen LogP) is 3.99. The van der Waals surface area contributed by atoms with Crippen LogP contribution in [-0.4, -0.2) is 58.9 Å². The molecular formula is C26H30N2O4. The predicted molar refractivity (Wildman–Crippen MR) is 123 cm³/mol. The number of hydrogen-bond donors (Lipinski definition) is 1. The van der Waals surface area contributed by atoms with Gasteiger partial charge in [0.05, 0.1) is 17.7 Å². The summed E-state index contributed by atoms with van der Waals surface area (Å²) in [6.45, 7) is 7.05. The van der Waals surface area contributed by atoms with Gasteiger partial charge in [0.15, 0.2) is 0 Å². The van der Waals surface area contributed by atoms with Gasteiger partial charge in [0, 0.05) is 18.7 Å². The Morgan fingerprint density at radius 2 is 1.75 bits per heavy atom. The third-order valence-corrected chi connectivity index (χ3v) is 5.99. The van der Waals surface area contributed by atoms with Crippen LogP contribution in [0.2, 0.25) is 0 Å². The summed E-state index contributed by atoms with van der Waals surface area (Å²) in [7, 11) is 0. The topological polar surface area (TPSA) is 70.1 Å². The van der Waals surface area contributed by atoms with Crippen molar-refractivity contribution in [3.05, 3.63) is 71.3 Å². The van der Waals surface area contributed by atoms with Crippen LogP contribution in [0, 0.1) is 0 Å². The quantitative estimate of drug-likeness (QED) is 0.405. The van der Waals surface area contributed by atoms with Gasteiger partial charge in [-0.25, -0.2) is 0 Å². The molecule has 2 aromatic carbocycles. The zero-order valence-corrected chi connectivity index (χ0v) is 18.7. The zero-order chi connectivity index (χ0) is 22.7. The standard InChI is InChI=1S/C26H30N2O4/c1-18(2)32-21-12-8-11-20(17-21)23-22(24(29)19-9-4-3-5-10-19)25(30)26(31)28(23)16-15-27-13-6-7-14-27/h3-5,8-12,17-18,23,29H,6-7,13-16H2,1-2H3/b24-22+. The van der Waals surface area contributed by atoms with E-state index in [1.807, 2.05) is 44.2 Å². The number of amides is 1. The van der Waals surface area contributed by atoms with Crippen molar-refractivity contribution in [3.63, 3.8) is 0 Å². The monoisotopic (exact) mass is 434 g/mol. The summed E-state index contributed by atoms with van der Waals surface area (Å²) in [6.07, 6.45) is 2.31. The molecule has 2 fully saturated rings. The number of benzene rings is 2. The molecular weight excluding hydrogens is 404 g/mol. The minimum Gasteiger partial charge on any atom is -0.507 e. The number of nitrogens with zero attached hydrogens (tertiary/aromatic N) is 2. The Bertz CT molecular complexity index is 1010. The molecule has 1 atom stereocenters. The van der Waals surface area contributed by atoms with Crippen LogP contribution in [0.5, 0.6) is 5.75 Å². The zero-order valence-electron chi connectivity index (χ0n) is 18.7. The van der Waals surface area contributed by atoms with Crippen molar-refractivity contribution in [2.75, 3.05) is 26.2 Å². The molecule has 2 saturated heterocycles. The van der Waals surface area contributed by atoms with E-state index < -0.39 is 17.7 Å². The van der Waals surface area contributed by atoms with Gasteiger partial charge in [-0.3, -0.25) is 9.59 Å². The summed E-state index contributed by atoms with van der Waals surface area (Å²) in [5.41, 5.74) is 1.40. The first-order valence-electron chi connectivity index (χ1n) is 11.3. The van der Waals surface area contributed by atoms with E-state index in [-0.39, 0.29) is 17.4 Å². The Labute approximate surface area is 189 Å². The maximum Gasteiger partial charge on any atom is 0.295 e. The number of rotatable bonds is 7. The average molecular weight is 435 g/mol. The molecule has 4 rings (SSSR count). The van der Waals surface area contributed by atoms with Gasteiger partial charge in [-0.05, 0) is 57.5 Å². The largest absolute Gasteiger partial charge is 0.507 e. The SMILES string of the molecule is CC(C)Oc1cccc(C2/C(=C(\O)c3ccccc3)C(=O)C(=O)N2CCN2CCCC2)c1. The van der Waals surface area contributed by atoms with E-state index in [1.165, 1.54) is 0 Å². The van der Waals surface area contributed by atoms with E-state index in [0.29, 0.717) is 24.4 Å². The van der Waals surface area contributed by atoms with Crippen molar-refractivity contribution in [1.82, 2.24) is 9.80 Å². The Balaban J connectivity index is 1.76. The summed E-state index contributed by atoms with van der Waals surface area (Å²) >= 11 is 0. The Morgan fingerprint density at radius 1 is 1.03 bits per heavy atom. The number of Topliss-reactive ketones (excluding diaryl/α,β-unsaturated/α-hetero) is 1. The second-order valence-corrected chi connectivity index (χ2v) is 8.65. The van der Waals surface area contributed by atoms with Crippen molar-refractivity contribution in [2.24, 2.45) is 0 Å². The van der Waals surface area contributed by atoms with Gasteiger partial charge in [-0.15, -0.1) is 0 Å². The van der Waals surface area contributed by atoms with Crippen molar-refractivity contribution < 1.29 is 19.4 Å². The fourth-order valence-electron chi connectivity index (χ4n) is 4.49. The lowest BCUT2D eigenvalue weighted by molar-refractivity contribution is -0.140. The van der Waals surface area contributed by atoms with E-state index in [2.05, 4.69) is 4.90 Å². The van der Waals surface area contributed by atoms with E-state index in [9.17, 15) is 14.7 Å². The van der Waals surface area contributed by atoms with Crippen LogP contribution in [0.4, 0.5) is 0 Å². The molecule has 6 nitrogen and oxygen atoms in total. The van der Waals surface area contributed by atoms with Gasteiger partial charge in [-0.2, -0.15) is 0 Å². The minimum atomic E-state index is -0.659. The number of aliphatic hydroxyl groups excluding tert-OH is 1. The molecule has 1 unspecified atom stereocenters. The third-order valence-electron chi connectivity index (χ3n) is 5.99. The Morgan fingerprint density at radius 3 is 2.44 bits per heavy atom. The lowest BCUT2D eigenvalue weighted by Crippen LogP contribution is -2.37. The molecule has 0 saturated carbocycles. The molecule has 32 heavy (non-hydrogen) atoms. The second kappa shape index (κ2) is 9.57. The van der Waals surface area contributed by atoms with Crippen molar-refractivity contribution in [3.8, 4) is 5.75 Å². The summed E-state index contributed by atoms with van der Waals surface area (Å²) in [4.78, 5) is 30.1. The number of ether oxygens (including phenoxy) is 1. The first kappa shape index (κ1) is 22.1. The van der Waals surface area contributed by atoms with Gasteiger partial charge in [0.2, 0.25) is 0 Å². The van der Waals surface area contributed by atoms with Gasteiger partial charge in [0.1, 0.15) is 11.5 Å². The molecule has 6 heteroatoms. The summed E-state index contributed by atoms with van der Waals surface area (Å²) in [5, 5.41) is 11.1. The molecule has 0 spiro atoms. The van der Waals surface area contributed by atoms with E-state index >= 15 is 0 Å².